The molecular weight excluding hydrogens is 253 g/mol. The lowest BCUT2D eigenvalue weighted by Crippen LogP contribution is -2.31. The molecule has 0 bridgehead atoms. The second-order valence-electron chi connectivity index (χ2n) is 4.25. The van der Waals surface area contributed by atoms with E-state index in [1.54, 1.807) is 6.92 Å². The largest absolute Gasteiger partial charge is 0.471 e. The number of nitrogens with zero attached hydrogens (tertiary/aromatic N) is 2. The molecule has 2 atom stereocenters. The van der Waals surface area contributed by atoms with Crippen LogP contribution in [0.25, 0.3) is 0 Å². The molecule has 1 aromatic rings. The zero-order valence-electron chi connectivity index (χ0n) is 10.9. The molecule has 1 fully saturated rings. The number of hydrogen-bond acceptors (Lipinski definition) is 6. The normalized spacial score (nSPS) is 22.3. The summed E-state index contributed by atoms with van der Waals surface area (Å²) in [5.74, 6) is -0.945. The van der Waals surface area contributed by atoms with Crippen LogP contribution in [0.4, 0.5) is 4.39 Å². The van der Waals surface area contributed by atoms with Gasteiger partial charge in [-0.3, -0.25) is 4.79 Å². The summed E-state index contributed by atoms with van der Waals surface area (Å²) in [6.07, 6.45) is 1.87. The van der Waals surface area contributed by atoms with E-state index in [0.717, 1.165) is 0 Å². The van der Waals surface area contributed by atoms with Crippen LogP contribution in [0, 0.1) is 5.82 Å². The van der Waals surface area contributed by atoms with Gasteiger partial charge in [-0.25, -0.2) is 4.98 Å². The van der Waals surface area contributed by atoms with Crippen LogP contribution in [0.2, 0.25) is 0 Å². The molecular formula is C12H16FN3O3. The highest BCUT2D eigenvalue weighted by Gasteiger charge is 2.32. The van der Waals surface area contributed by atoms with Gasteiger partial charge in [0, 0.05) is 13.0 Å². The molecule has 2 rings (SSSR count). The summed E-state index contributed by atoms with van der Waals surface area (Å²) >= 11 is 0. The topological polar surface area (TPSA) is 73.3 Å². The van der Waals surface area contributed by atoms with Crippen molar-refractivity contribution in [2.75, 3.05) is 13.7 Å². The van der Waals surface area contributed by atoms with E-state index >= 15 is 0 Å². The van der Waals surface area contributed by atoms with Crippen molar-refractivity contribution >= 4 is 5.97 Å². The first-order valence-electron chi connectivity index (χ1n) is 6.13. The summed E-state index contributed by atoms with van der Waals surface area (Å²) in [5.41, 5.74) is 0.320. The Balaban J connectivity index is 2.01. The van der Waals surface area contributed by atoms with E-state index in [1.807, 2.05) is 0 Å². The Kier molecular flexibility index (Phi) is 4.26. The van der Waals surface area contributed by atoms with E-state index in [4.69, 9.17) is 4.74 Å². The maximum atomic E-state index is 13.9. The number of carbonyl (C=O) groups is 1. The highest BCUT2D eigenvalue weighted by atomic mass is 19.1. The monoisotopic (exact) mass is 269 g/mol. The average Bonchev–Trinajstić information content (AvgIpc) is 2.89. The maximum Gasteiger partial charge on any atom is 0.323 e. The van der Waals surface area contributed by atoms with E-state index in [9.17, 15) is 9.18 Å². The third kappa shape index (κ3) is 2.98. The number of aromatic nitrogens is 2. The van der Waals surface area contributed by atoms with E-state index in [-0.39, 0.29) is 18.0 Å². The van der Waals surface area contributed by atoms with Gasteiger partial charge in [0.25, 0.3) is 5.88 Å². The minimum absolute atomic E-state index is 0.0656. The van der Waals surface area contributed by atoms with Gasteiger partial charge in [-0.1, -0.05) is 6.92 Å². The second-order valence-corrected chi connectivity index (χ2v) is 4.25. The molecule has 1 N–H and O–H groups in total. The summed E-state index contributed by atoms with van der Waals surface area (Å²) in [6.45, 7) is 2.25. The van der Waals surface area contributed by atoms with Gasteiger partial charge in [0.15, 0.2) is 0 Å². The zero-order chi connectivity index (χ0) is 13.8. The first-order chi connectivity index (χ1) is 9.15. The van der Waals surface area contributed by atoms with Crippen LogP contribution in [0.1, 0.15) is 19.0 Å². The predicted octanol–water partition coefficient (Wildman–Crippen LogP) is 0.460. The van der Waals surface area contributed by atoms with Crippen LogP contribution >= 0.6 is 0 Å². The Labute approximate surface area is 110 Å². The molecule has 2 unspecified atom stereocenters. The van der Waals surface area contributed by atoms with Gasteiger partial charge < -0.3 is 14.8 Å². The highest BCUT2D eigenvalue weighted by Crippen LogP contribution is 2.20. The van der Waals surface area contributed by atoms with Gasteiger partial charge in [0.1, 0.15) is 18.5 Å². The molecule has 0 saturated carbocycles. The maximum absolute atomic E-state index is 13.9. The van der Waals surface area contributed by atoms with Crippen molar-refractivity contribution in [3.05, 3.63) is 17.8 Å². The van der Waals surface area contributed by atoms with Gasteiger partial charge in [-0.2, -0.15) is 9.37 Å². The van der Waals surface area contributed by atoms with Gasteiger partial charge in [0.2, 0.25) is 5.82 Å². The number of aryl methyl sites for hydroxylation is 1. The number of rotatable bonds is 4. The number of ether oxygens (including phenoxy) is 2. The van der Waals surface area contributed by atoms with Crippen molar-refractivity contribution in [1.29, 1.82) is 0 Å². The molecule has 0 amide bonds. The van der Waals surface area contributed by atoms with E-state index in [2.05, 4.69) is 20.0 Å². The van der Waals surface area contributed by atoms with Crippen molar-refractivity contribution in [2.24, 2.45) is 0 Å². The van der Waals surface area contributed by atoms with Crippen molar-refractivity contribution in [1.82, 2.24) is 15.3 Å². The number of halogens is 1. The molecule has 0 aromatic carbocycles. The fraction of sp³-hybridized carbons (Fsp3) is 0.583. The lowest BCUT2D eigenvalue weighted by molar-refractivity contribution is -0.142. The number of hydrogen-bond donors (Lipinski definition) is 1. The molecule has 0 radical (unpaired) electrons. The molecule has 1 aliphatic rings. The van der Waals surface area contributed by atoms with E-state index < -0.39 is 11.9 Å². The van der Waals surface area contributed by atoms with Crippen LogP contribution < -0.4 is 10.1 Å². The Hall–Kier alpha value is -1.76. The smallest absolute Gasteiger partial charge is 0.323 e. The first-order valence-corrected chi connectivity index (χ1v) is 6.13. The Morgan fingerprint density at radius 2 is 2.37 bits per heavy atom. The van der Waals surface area contributed by atoms with Crippen LogP contribution in [-0.4, -0.2) is 41.7 Å². The summed E-state index contributed by atoms with van der Waals surface area (Å²) in [5, 5.41) is 2.96. The molecule has 6 nitrogen and oxygen atoms in total. The summed E-state index contributed by atoms with van der Waals surface area (Å²) in [6, 6.07) is -0.412. The van der Waals surface area contributed by atoms with E-state index in [0.29, 0.717) is 25.1 Å². The Bertz CT molecular complexity index is 470. The first kappa shape index (κ1) is 13.7. The van der Waals surface area contributed by atoms with Crippen LogP contribution in [-0.2, 0) is 16.0 Å². The van der Waals surface area contributed by atoms with Crippen molar-refractivity contribution in [2.45, 2.75) is 31.9 Å². The van der Waals surface area contributed by atoms with Crippen LogP contribution in [0.15, 0.2) is 6.33 Å². The predicted molar refractivity (Wildman–Crippen MR) is 64.2 cm³/mol. The summed E-state index contributed by atoms with van der Waals surface area (Å²) in [7, 11) is 1.33. The third-order valence-corrected chi connectivity index (χ3v) is 3.02. The molecule has 2 heterocycles. The molecule has 1 saturated heterocycles. The second kappa shape index (κ2) is 5.92. The SMILES string of the molecule is CCc1ncnc(OC2CNC(C(=O)OC)C2)c1F. The lowest BCUT2D eigenvalue weighted by atomic mass is 10.2. The fourth-order valence-corrected chi connectivity index (χ4v) is 1.99. The number of carbonyl (C=O) groups excluding carboxylic acids is 1. The van der Waals surface area contributed by atoms with Gasteiger partial charge in [-0.05, 0) is 6.42 Å². The number of nitrogens with one attached hydrogen (secondary N) is 1. The molecule has 1 aromatic heterocycles. The summed E-state index contributed by atoms with van der Waals surface area (Å²) < 4.78 is 24.0. The zero-order valence-corrected chi connectivity index (χ0v) is 10.9. The van der Waals surface area contributed by atoms with Gasteiger partial charge in [-0.15, -0.1) is 0 Å². The fourth-order valence-electron chi connectivity index (χ4n) is 1.99. The van der Waals surface area contributed by atoms with Crippen molar-refractivity contribution < 1.29 is 18.7 Å². The molecule has 19 heavy (non-hydrogen) atoms. The van der Waals surface area contributed by atoms with Gasteiger partial charge in [0.05, 0.1) is 12.8 Å². The molecule has 104 valence electrons. The lowest BCUT2D eigenvalue weighted by Gasteiger charge is -2.13. The summed E-state index contributed by atoms with van der Waals surface area (Å²) in [4.78, 5) is 19.0. The van der Waals surface area contributed by atoms with Crippen molar-refractivity contribution in [3.63, 3.8) is 0 Å². The minimum Gasteiger partial charge on any atom is -0.471 e. The molecule has 7 heteroatoms. The van der Waals surface area contributed by atoms with Crippen LogP contribution in [0.5, 0.6) is 5.88 Å². The molecule has 1 aliphatic heterocycles. The Morgan fingerprint density at radius 1 is 1.58 bits per heavy atom. The number of methoxy groups -OCH3 is 1. The standard InChI is InChI=1S/C12H16FN3O3/c1-3-8-10(13)11(16-6-15-8)19-7-4-9(14-5-7)12(17)18-2/h6-7,9,14H,3-5H2,1-2H3. The average molecular weight is 269 g/mol. The van der Waals surface area contributed by atoms with Crippen molar-refractivity contribution in [3.8, 4) is 5.88 Å². The van der Waals surface area contributed by atoms with E-state index in [1.165, 1.54) is 13.4 Å². The highest BCUT2D eigenvalue weighted by molar-refractivity contribution is 5.76. The molecule has 0 aliphatic carbocycles. The molecule has 0 spiro atoms. The quantitative estimate of drug-likeness (QED) is 0.801. The van der Waals surface area contributed by atoms with Gasteiger partial charge >= 0.3 is 5.97 Å². The number of esters is 1. The Morgan fingerprint density at radius 3 is 3.05 bits per heavy atom. The minimum atomic E-state index is -0.536. The van der Waals surface area contributed by atoms with Crippen LogP contribution in [0.3, 0.4) is 0 Å². The third-order valence-electron chi connectivity index (χ3n) is 3.02.